The van der Waals surface area contributed by atoms with Gasteiger partial charge in [-0.3, -0.25) is 9.59 Å². The summed E-state index contributed by atoms with van der Waals surface area (Å²) in [6, 6.07) is 0. The molecule has 7 heteroatoms. The van der Waals surface area contributed by atoms with Crippen LogP contribution in [-0.2, 0) is 25.6 Å². The minimum Gasteiger partial charge on any atom is -0.465 e. The van der Waals surface area contributed by atoms with Crippen LogP contribution in [0.15, 0.2) is 12.4 Å². The summed E-state index contributed by atoms with van der Waals surface area (Å²) in [7, 11) is 0. The minimum atomic E-state index is 0.0430. The average Bonchev–Trinajstić information content (AvgIpc) is 3.53. The molecule has 2 atom stereocenters. The van der Waals surface area contributed by atoms with Gasteiger partial charge in [0.15, 0.2) is 0 Å². The van der Waals surface area contributed by atoms with Crippen molar-refractivity contribution in [1.82, 2.24) is 14.5 Å². The van der Waals surface area contributed by atoms with Gasteiger partial charge in [-0.2, -0.15) is 0 Å². The van der Waals surface area contributed by atoms with Crippen molar-refractivity contribution in [3.8, 4) is 0 Å². The Morgan fingerprint density at radius 3 is 1.44 bits per heavy atom. The fourth-order valence-corrected chi connectivity index (χ4v) is 6.90. The van der Waals surface area contributed by atoms with Crippen LogP contribution in [-0.4, -0.2) is 59.2 Å². The third kappa shape index (κ3) is 24.3. The van der Waals surface area contributed by atoms with E-state index in [1.54, 1.807) is 0 Å². The molecule has 2 unspecified atom stereocenters. The van der Waals surface area contributed by atoms with Gasteiger partial charge in [-0.25, -0.2) is 4.98 Å². The third-order valence-electron chi connectivity index (χ3n) is 10.3. The highest BCUT2D eigenvalue weighted by molar-refractivity contribution is 5.72. The number of esters is 2. The number of nitrogens with zero attached hydrogens (tertiary/aromatic N) is 3. The van der Waals surface area contributed by atoms with Gasteiger partial charge in [-0.05, 0) is 84.3 Å². The van der Waals surface area contributed by atoms with Gasteiger partial charge in [0, 0.05) is 18.9 Å². The topological polar surface area (TPSA) is 73.7 Å². The molecule has 0 amide bonds. The Balaban J connectivity index is 2.36. The molecular weight excluding hydrogens is 622 g/mol. The van der Waals surface area contributed by atoms with Gasteiger partial charge in [-0.1, -0.05) is 130 Å². The van der Waals surface area contributed by atoms with Gasteiger partial charge in [0.05, 0.1) is 25.0 Å². The van der Waals surface area contributed by atoms with E-state index in [9.17, 15) is 9.59 Å². The van der Waals surface area contributed by atoms with Gasteiger partial charge < -0.3 is 18.9 Å². The molecule has 0 fully saturated rings. The lowest BCUT2D eigenvalue weighted by atomic mass is 9.95. The van der Waals surface area contributed by atoms with Crippen LogP contribution in [0, 0.1) is 18.8 Å². The Kier molecular flexibility index (Phi) is 30.4. The van der Waals surface area contributed by atoms with Crippen LogP contribution in [0.1, 0.15) is 194 Å². The molecule has 1 aromatic rings. The van der Waals surface area contributed by atoms with E-state index in [2.05, 4.69) is 55.3 Å². The van der Waals surface area contributed by atoms with Gasteiger partial charge in [0.25, 0.3) is 0 Å². The molecule has 0 saturated carbocycles. The fourth-order valence-electron chi connectivity index (χ4n) is 6.90. The molecule has 0 spiro atoms. The first kappa shape index (κ1) is 46.1. The minimum absolute atomic E-state index is 0.0430. The maximum Gasteiger partial charge on any atom is 0.308 e. The van der Waals surface area contributed by atoms with Gasteiger partial charge in [0.2, 0.25) is 0 Å². The molecule has 7 nitrogen and oxygen atoms in total. The quantitative estimate of drug-likeness (QED) is 0.0511. The largest absolute Gasteiger partial charge is 0.465 e. The van der Waals surface area contributed by atoms with Crippen LogP contribution in [0.4, 0.5) is 0 Å². The van der Waals surface area contributed by atoms with Gasteiger partial charge in [0.1, 0.15) is 5.82 Å². The fraction of sp³-hybridized carbons (Fsp3) is 0.884. The van der Waals surface area contributed by atoms with E-state index in [4.69, 9.17) is 9.47 Å². The molecule has 50 heavy (non-hydrogen) atoms. The Morgan fingerprint density at radius 1 is 0.580 bits per heavy atom. The van der Waals surface area contributed by atoms with Gasteiger partial charge >= 0.3 is 11.9 Å². The number of carbonyl (C=O) groups is 2. The molecule has 0 saturated heterocycles. The Hall–Kier alpha value is -1.89. The summed E-state index contributed by atoms with van der Waals surface area (Å²) in [4.78, 5) is 32.6. The van der Waals surface area contributed by atoms with E-state index < -0.39 is 0 Å². The van der Waals surface area contributed by atoms with Crippen LogP contribution in [0.5, 0.6) is 0 Å². The van der Waals surface area contributed by atoms with Gasteiger partial charge in [-0.15, -0.1) is 0 Å². The monoisotopic (exact) mass is 704 g/mol. The Morgan fingerprint density at radius 2 is 1.00 bits per heavy atom. The second kappa shape index (κ2) is 33.0. The second-order valence-corrected chi connectivity index (χ2v) is 14.9. The molecule has 292 valence electrons. The zero-order valence-corrected chi connectivity index (χ0v) is 33.7. The SMILES string of the molecule is CCCCCCC(CCCC)C(=O)OCCCCCCN(CCCCCCOC(=O)C(CCCC)CCCCCC)CCCn1ccnc1C. The summed E-state index contributed by atoms with van der Waals surface area (Å²) in [6.45, 7) is 16.4. The highest BCUT2D eigenvalue weighted by atomic mass is 16.5. The zero-order valence-electron chi connectivity index (χ0n) is 33.7. The normalized spacial score (nSPS) is 12.8. The Labute approximate surface area is 309 Å². The third-order valence-corrected chi connectivity index (χ3v) is 10.3. The summed E-state index contributed by atoms with van der Waals surface area (Å²) in [6.07, 6.45) is 32.1. The van der Waals surface area contributed by atoms with Crippen molar-refractivity contribution in [1.29, 1.82) is 0 Å². The lowest BCUT2D eigenvalue weighted by molar-refractivity contribution is -0.150. The number of aryl methyl sites for hydroxylation is 2. The summed E-state index contributed by atoms with van der Waals surface area (Å²) < 4.78 is 13.8. The number of aromatic nitrogens is 2. The predicted octanol–water partition coefficient (Wildman–Crippen LogP) is 11.6. The molecule has 0 aliphatic heterocycles. The lowest BCUT2D eigenvalue weighted by Crippen LogP contribution is -2.28. The first-order valence-corrected chi connectivity index (χ1v) is 21.5. The van der Waals surface area contributed by atoms with E-state index in [0.29, 0.717) is 13.2 Å². The number of imidazole rings is 1. The lowest BCUT2D eigenvalue weighted by Gasteiger charge is -2.22. The van der Waals surface area contributed by atoms with Crippen molar-refractivity contribution in [3.63, 3.8) is 0 Å². The molecule has 1 heterocycles. The number of hydrogen-bond donors (Lipinski definition) is 0. The van der Waals surface area contributed by atoms with Crippen LogP contribution >= 0.6 is 0 Å². The van der Waals surface area contributed by atoms with Crippen LogP contribution in [0.25, 0.3) is 0 Å². The van der Waals surface area contributed by atoms with Crippen molar-refractivity contribution in [2.45, 2.75) is 202 Å². The van der Waals surface area contributed by atoms with Crippen LogP contribution < -0.4 is 0 Å². The highest BCUT2D eigenvalue weighted by Gasteiger charge is 2.20. The number of hydrogen-bond acceptors (Lipinski definition) is 6. The van der Waals surface area contributed by atoms with E-state index in [1.807, 2.05) is 6.20 Å². The first-order chi connectivity index (χ1) is 24.5. The van der Waals surface area contributed by atoms with E-state index in [1.165, 1.54) is 64.2 Å². The average molecular weight is 704 g/mol. The zero-order chi connectivity index (χ0) is 36.5. The number of rotatable bonds is 36. The van der Waals surface area contributed by atoms with E-state index in [-0.39, 0.29) is 23.8 Å². The summed E-state index contributed by atoms with van der Waals surface area (Å²) in [5, 5.41) is 0. The Bertz CT molecular complexity index is 870. The molecule has 0 N–H and O–H groups in total. The molecule has 0 radical (unpaired) electrons. The first-order valence-electron chi connectivity index (χ1n) is 21.5. The highest BCUT2D eigenvalue weighted by Crippen LogP contribution is 2.21. The van der Waals surface area contributed by atoms with Crippen LogP contribution in [0.3, 0.4) is 0 Å². The van der Waals surface area contributed by atoms with Crippen molar-refractivity contribution in [2.24, 2.45) is 11.8 Å². The summed E-state index contributed by atoms with van der Waals surface area (Å²) >= 11 is 0. The predicted molar refractivity (Wildman–Crippen MR) is 210 cm³/mol. The molecule has 1 aromatic heterocycles. The van der Waals surface area contributed by atoms with E-state index >= 15 is 0 Å². The maximum absolute atomic E-state index is 12.8. The standard InChI is InChI=1S/C43H81N3O4/c1-6-10-14-20-29-40(27-12-8-3)42(47)49-37-24-18-16-22-32-45(34-26-35-46-36-31-44-39(46)5)33-23-17-19-25-38-50-43(48)41(28-13-9-4)30-21-15-11-7-2/h31,36,40-41H,6-30,32-35,37-38H2,1-5H3. The van der Waals surface area contributed by atoms with Crippen molar-refractivity contribution < 1.29 is 19.1 Å². The van der Waals surface area contributed by atoms with Crippen molar-refractivity contribution in [3.05, 3.63) is 18.2 Å². The second-order valence-electron chi connectivity index (χ2n) is 14.9. The number of carbonyl (C=O) groups excluding carboxylic acids is 2. The summed E-state index contributed by atoms with van der Waals surface area (Å²) in [5.74, 6) is 1.35. The molecule has 0 aliphatic rings. The van der Waals surface area contributed by atoms with E-state index in [0.717, 1.165) is 128 Å². The molecule has 0 aromatic carbocycles. The van der Waals surface area contributed by atoms with Crippen LogP contribution in [0.2, 0.25) is 0 Å². The maximum atomic E-state index is 12.8. The molecular formula is C43H81N3O4. The molecule has 1 rings (SSSR count). The smallest absolute Gasteiger partial charge is 0.308 e. The number of unbranched alkanes of at least 4 members (excludes halogenated alkanes) is 14. The summed E-state index contributed by atoms with van der Waals surface area (Å²) in [5.41, 5.74) is 0. The molecule has 0 aliphatic carbocycles. The van der Waals surface area contributed by atoms with Crippen molar-refractivity contribution in [2.75, 3.05) is 32.8 Å². The van der Waals surface area contributed by atoms with Crippen molar-refractivity contribution >= 4 is 11.9 Å². The molecule has 0 bridgehead atoms. The number of ether oxygens (including phenoxy) is 2.